The smallest absolute Gasteiger partial charge is 0.248 e. The number of halogens is 4. The number of carbonyl (C=O) groups is 1. The molecule has 3 aromatic rings. The number of aromatic nitrogens is 3. The van der Waals surface area contributed by atoms with Crippen molar-refractivity contribution in [1.29, 1.82) is 0 Å². The Morgan fingerprint density at radius 2 is 2.12 bits per heavy atom. The first-order valence-electron chi connectivity index (χ1n) is 13.1. The largest absolute Gasteiger partial charge is 0.479 e. The Morgan fingerprint density at radius 1 is 1.32 bits per heavy atom. The van der Waals surface area contributed by atoms with Crippen LogP contribution in [-0.2, 0) is 11.2 Å². The molecule has 40 heavy (non-hydrogen) atoms. The minimum atomic E-state index is -2.42. The van der Waals surface area contributed by atoms with Crippen LogP contribution in [0.25, 0.3) is 16.6 Å². The lowest BCUT2D eigenvalue weighted by Gasteiger charge is -2.34. The molecule has 1 amide bonds. The van der Waals surface area contributed by atoms with E-state index in [2.05, 4.69) is 20.4 Å². The van der Waals surface area contributed by atoms with Crippen LogP contribution >= 0.6 is 0 Å². The van der Waals surface area contributed by atoms with E-state index in [1.807, 2.05) is 0 Å². The van der Waals surface area contributed by atoms with Gasteiger partial charge in [-0.3, -0.25) is 9.79 Å². The molecule has 1 saturated heterocycles. The quantitative estimate of drug-likeness (QED) is 0.402. The zero-order valence-corrected chi connectivity index (χ0v) is 22.0. The molecule has 1 aromatic carbocycles. The second-order valence-corrected chi connectivity index (χ2v) is 10.2. The molecule has 0 bridgehead atoms. The fourth-order valence-corrected chi connectivity index (χ4v) is 5.38. The summed E-state index contributed by atoms with van der Waals surface area (Å²) >= 11 is 0. The third kappa shape index (κ3) is 5.47. The Labute approximate surface area is 227 Å². The number of hydrogen-bond donors (Lipinski definition) is 2. The van der Waals surface area contributed by atoms with E-state index in [4.69, 9.17) is 9.84 Å². The van der Waals surface area contributed by atoms with E-state index in [0.29, 0.717) is 35.0 Å². The highest BCUT2D eigenvalue weighted by Crippen LogP contribution is 2.39. The number of anilines is 1. The van der Waals surface area contributed by atoms with Gasteiger partial charge in [0.25, 0.3) is 0 Å². The molecule has 0 aliphatic carbocycles. The average Bonchev–Trinajstić information content (AvgIpc) is 3.36. The number of amides is 1. The molecule has 4 heterocycles. The Hall–Kier alpha value is -3.74. The van der Waals surface area contributed by atoms with Gasteiger partial charge in [-0.2, -0.15) is 4.98 Å². The lowest BCUT2D eigenvalue weighted by Crippen LogP contribution is -2.50. The maximum absolute atomic E-state index is 15.1. The summed E-state index contributed by atoms with van der Waals surface area (Å²) in [6.45, 7) is 1.20. The molecule has 4 atom stereocenters. The third-order valence-corrected chi connectivity index (χ3v) is 7.60. The van der Waals surface area contributed by atoms with E-state index in [1.165, 1.54) is 22.6 Å². The lowest BCUT2D eigenvalue weighted by molar-refractivity contribution is -0.136. The molecule has 0 saturated carbocycles. The van der Waals surface area contributed by atoms with Crippen LogP contribution in [0.1, 0.15) is 25.3 Å². The molecule has 0 spiro atoms. The number of nitrogens with zero attached hydrogens (tertiary/aromatic N) is 5. The number of aliphatic imine (C=N–C) groups is 1. The van der Waals surface area contributed by atoms with Crippen molar-refractivity contribution in [3.63, 3.8) is 0 Å². The van der Waals surface area contributed by atoms with E-state index >= 15 is 4.39 Å². The van der Waals surface area contributed by atoms with Crippen LogP contribution in [0.15, 0.2) is 29.4 Å². The van der Waals surface area contributed by atoms with Gasteiger partial charge in [0.05, 0.1) is 19.7 Å². The van der Waals surface area contributed by atoms with Crippen molar-refractivity contribution in [1.82, 2.24) is 19.5 Å². The van der Waals surface area contributed by atoms with Gasteiger partial charge in [-0.1, -0.05) is 6.92 Å². The summed E-state index contributed by atoms with van der Waals surface area (Å²) in [5.74, 6) is -1.31. The number of rotatable bonds is 8. The monoisotopic (exact) mass is 562 g/mol. The highest BCUT2D eigenvalue weighted by atomic mass is 19.3. The Kier molecular flexibility index (Phi) is 7.92. The Morgan fingerprint density at radius 3 is 2.83 bits per heavy atom. The first-order valence-corrected chi connectivity index (χ1v) is 13.1. The number of nitrogens with one attached hydrogen (secondary N) is 1. The molecule has 0 unspecified atom stereocenters. The Balaban J connectivity index is 1.41. The predicted octanol–water partition coefficient (Wildman–Crippen LogP) is 4.05. The van der Waals surface area contributed by atoms with Crippen molar-refractivity contribution < 1.29 is 32.2 Å². The van der Waals surface area contributed by atoms with Crippen LogP contribution in [-0.4, -0.2) is 82.2 Å². The van der Waals surface area contributed by atoms with Gasteiger partial charge in [-0.05, 0) is 48.1 Å². The molecular formula is C27H30F4N6O3. The van der Waals surface area contributed by atoms with Crippen LogP contribution in [0, 0.1) is 17.7 Å². The van der Waals surface area contributed by atoms with Crippen LogP contribution in [0.4, 0.5) is 29.2 Å². The summed E-state index contributed by atoms with van der Waals surface area (Å²) in [4.78, 5) is 21.6. The SMILES string of the molecule is COc1nc(N[C@H]2CCN(C(=O)CO)C[C@H]2F)nn2ccc(-c3cc(F)c4c(c3)C[C@H]([C@H](C)CC(F)F)C=N4)c12. The number of piperidine rings is 1. The van der Waals surface area contributed by atoms with Crippen molar-refractivity contribution >= 4 is 29.3 Å². The molecule has 2 aromatic heterocycles. The molecule has 2 aliphatic heterocycles. The van der Waals surface area contributed by atoms with E-state index in [9.17, 15) is 18.0 Å². The fourth-order valence-electron chi connectivity index (χ4n) is 5.38. The van der Waals surface area contributed by atoms with Crippen molar-refractivity contribution in [2.75, 3.05) is 32.1 Å². The van der Waals surface area contributed by atoms with Gasteiger partial charge in [-0.25, -0.2) is 22.1 Å². The molecule has 13 heteroatoms. The van der Waals surface area contributed by atoms with Crippen molar-refractivity contribution in [2.24, 2.45) is 16.8 Å². The number of aliphatic hydroxyl groups excluding tert-OH is 1. The number of aliphatic hydroxyl groups is 1. The van der Waals surface area contributed by atoms with Crippen molar-refractivity contribution in [3.05, 3.63) is 35.8 Å². The van der Waals surface area contributed by atoms with Gasteiger partial charge >= 0.3 is 0 Å². The maximum atomic E-state index is 15.1. The van der Waals surface area contributed by atoms with Crippen LogP contribution in [0.3, 0.4) is 0 Å². The summed E-state index contributed by atoms with van der Waals surface area (Å²) in [6.07, 6.45) is -0.188. The first kappa shape index (κ1) is 27.8. The van der Waals surface area contributed by atoms with Crippen LogP contribution < -0.4 is 10.1 Å². The zero-order valence-electron chi connectivity index (χ0n) is 22.0. The summed E-state index contributed by atoms with van der Waals surface area (Å²) in [5.41, 5.74) is 2.42. The summed E-state index contributed by atoms with van der Waals surface area (Å²) < 4.78 is 62.8. The Bertz CT molecular complexity index is 1430. The molecule has 9 nitrogen and oxygen atoms in total. The molecule has 2 N–H and O–H groups in total. The van der Waals surface area contributed by atoms with Crippen LogP contribution in [0.5, 0.6) is 5.88 Å². The molecule has 0 radical (unpaired) electrons. The summed E-state index contributed by atoms with van der Waals surface area (Å²) in [7, 11) is 1.43. The number of benzene rings is 1. The number of ether oxygens (including phenoxy) is 1. The van der Waals surface area contributed by atoms with Gasteiger partial charge in [0.15, 0.2) is 0 Å². The third-order valence-electron chi connectivity index (χ3n) is 7.60. The number of carbonyl (C=O) groups excluding carboxylic acids is 1. The van der Waals surface area contributed by atoms with Gasteiger partial charge < -0.3 is 20.1 Å². The standard InChI is InChI=1S/C27H30F4N6O3/c1-14(7-22(30)31)17-9-16-8-15(10-19(28)24(16)32-11-17)18-3-6-37-25(18)26(40-2)34-27(35-37)33-21-4-5-36(12-20(21)29)23(39)13-38/h3,6,8,10-11,14,17,20-22,38H,4-5,7,9,12-13H2,1-2H3,(H,33,35)/t14-,17+,20-,21+/m1/s1. The molecule has 5 rings (SSSR count). The van der Waals surface area contributed by atoms with Crippen molar-refractivity contribution in [2.45, 2.75) is 44.8 Å². The fraction of sp³-hybridized carbons (Fsp3) is 0.481. The average molecular weight is 563 g/mol. The van der Waals surface area contributed by atoms with Gasteiger partial charge in [0.1, 0.15) is 29.8 Å². The number of alkyl halides is 3. The minimum Gasteiger partial charge on any atom is -0.479 e. The van der Waals surface area contributed by atoms with Crippen LogP contribution in [0.2, 0.25) is 0 Å². The normalized spacial score (nSPS) is 21.5. The predicted molar refractivity (Wildman–Crippen MR) is 141 cm³/mol. The van der Waals surface area contributed by atoms with Gasteiger partial charge in [-0.15, -0.1) is 5.10 Å². The van der Waals surface area contributed by atoms with E-state index in [1.54, 1.807) is 31.5 Å². The van der Waals surface area contributed by atoms with E-state index in [0.717, 1.165) is 0 Å². The second kappa shape index (κ2) is 11.4. The number of likely N-dealkylation sites (tertiary alicyclic amines) is 1. The minimum absolute atomic E-state index is 0.114. The first-order chi connectivity index (χ1) is 19.2. The highest BCUT2D eigenvalue weighted by Gasteiger charge is 2.32. The lowest BCUT2D eigenvalue weighted by atomic mass is 9.84. The zero-order chi connectivity index (χ0) is 28.6. The van der Waals surface area contributed by atoms with E-state index in [-0.39, 0.29) is 48.9 Å². The molecule has 214 valence electrons. The number of hydrogen-bond acceptors (Lipinski definition) is 7. The van der Waals surface area contributed by atoms with Gasteiger partial charge in [0, 0.05) is 36.9 Å². The topological polar surface area (TPSA) is 104 Å². The number of methoxy groups -OCH3 is 1. The summed E-state index contributed by atoms with van der Waals surface area (Å²) in [5, 5.41) is 16.5. The van der Waals surface area contributed by atoms with Gasteiger partial charge in [0.2, 0.25) is 24.2 Å². The second-order valence-electron chi connectivity index (χ2n) is 10.2. The molecular weight excluding hydrogens is 532 g/mol. The molecule has 1 fully saturated rings. The van der Waals surface area contributed by atoms with Crippen molar-refractivity contribution in [3.8, 4) is 17.0 Å². The van der Waals surface area contributed by atoms with E-state index < -0.39 is 37.0 Å². The summed E-state index contributed by atoms with van der Waals surface area (Å²) in [6, 6.07) is 4.23. The number of fused-ring (bicyclic) bond motifs is 2. The highest BCUT2D eigenvalue weighted by molar-refractivity contribution is 5.86. The molecule has 2 aliphatic rings. The maximum Gasteiger partial charge on any atom is 0.248 e.